The minimum Gasteiger partial charge on any atom is -0.506 e. The van der Waals surface area contributed by atoms with Crippen molar-refractivity contribution in [3.05, 3.63) is 109 Å². The van der Waals surface area contributed by atoms with Crippen LogP contribution >= 0.6 is 0 Å². The first-order valence-corrected chi connectivity index (χ1v) is 8.61. The summed E-state index contributed by atoms with van der Waals surface area (Å²) in [6, 6.07) is 36.1. The predicted octanol–water partition coefficient (Wildman–Crippen LogP) is 6.53. The van der Waals surface area contributed by atoms with Gasteiger partial charge in [0.15, 0.2) is 0 Å². The second-order valence-corrected chi connectivity index (χ2v) is 6.08. The molecular formula is C24H19NO. The van der Waals surface area contributed by atoms with E-state index in [1.165, 1.54) is 0 Å². The lowest BCUT2D eigenvalue weighted by molar-refractivity contribution is 0.476. The molecule has 1 N–H and O–H groups in total. The Morgan fingerprint density at radius 1 is 0.500 bits per heavy atom. The third-order valence-corrected chi connectivity index (χ3v) is 4.35. The van der Waals surface area contributed by atoms with Crippen LogP contribution in [0.15, 0.2) is 109 Å². The molecule has 0 unspecified atom stereocenters. The number of hydrogen-bond donors (Lipinski definition) is 1. The van der Waals surface area contributed by atoms with Crippen LogP contribution in [-0.2, 0) is 0 Å². The van der Waals surface area contributed by atoms with Crippen LogP contribution < -0.4 is 4.90 Å². The van der Waals surface area contributed by atoms with E-state index in [9.17, 15) is 5.11 Å². The molecular weight excluding hydrogens is 318 g/mol. The first-order chi connectivity index (χ1) is 12.8. The van der Waals surface area contributed by atoms with Crippen LogP contribution in [0.5, 0.6) is 5.75 Å². The van der Waals surface area contributed by atoms with Gasteiger partial charge in [0.25, 0.3) is 0 Å². The van der Waals surface area contributed by atoms with Gasteiger partial charge in [0.2, 0.25) is 0 Å². The molecule has 4 aromatic carbocycles. The Morgan fingerprint density at radius 2 is 1.00 bits per heavy atom. The molecule has 26 heavy (non-hydrogen) atoms. The van der Waals surface area contributed by atoms with E-state index < -0.39 is 0 Å². The number of aromatic hydroxyl groups is 1. The van der Waals surface area contributed by atoms with Crippen molar-refractivity contribution in [2.45, 2.75) is 0 Å². The highest BCUT2D eigenvalue weighted by Crippen LogP contribution is 2.41. The fourth-order valence-corrected chi connectivity index (χ4v) is 3.09. The zero-order valence-corrected chi connectivity index (χ0v) is 14.3. The van der Waals surface area contributed by atoms with E-state index in [1.807, 2.05) is 91.0 Å². The molecule has 0 atom stereocenters. The summed E-state index contributed by atoms with van der Waals surface area (Å²) in [5.74, 6) is 0.248. The highest BCUT2D eigenvalue weighted by molar-refractivity contribution is 5.83. The first kappa shape index (κ1) is 16.0. The highest BCUT2D eigenvalue weighted by Gasteiger charge is 2.16. The molecule has 0 spiro atoms. The van der Waals surface area contributed by atoms with Crippen LogP contribution in [-0.4, -0.2) is 5.11 Å². The zero-order valence-electron chi connectivity index (χ0n) is 14.3. The van der Waals surface area contributed by atoms with Crippen molar-refractivity contribution in [1.82, 2.24) is 0 Å². The average Bonchev–Trinajstić information content (AvgIpc) is 2.72. The van der Waals surface area contributed by atoms with E-state index in [0.29, 0.717) is 0 Å². The lowest BCUT2D eigenvalue weighted by atomic mass is 10.0. The molecule has 0 aliphatic heterocycles. The molecule has 0 aromatic heterocycles. The van der Waals surface area contributed by atoms with Crippen molar-refractivity contribution in [2.24, 2.45) is 0 Å². The van der Waals surface area contributed by atoms with Crippen LogP contribution in [0, 0.1) is 0 Å². The average molecular weight is 337 g/mol. The summed E-state index contributed by atoms with van der Waals surface area (Å²) in [5.41, 5.74) is 4.94. The van der Waals surface area contributed by atoms with Gasteiger partial charge in [0, 0.05) is 11.4 Å². The number of phenolic OH excluding ortho intramolecular Hbond substituents is 1. The van der Waals surface area contributed by atoms with E-state index in [2.05, 4.69) is 17.0 Å². The summed E-state index contributed by atoms with van der Waals surface area (Å²) in [6.07, 6.45) is 0. The van der Waals surface area contributed by atoms with Crippen LogP contribution in [0.2, 0.25) is 0 Å². The van der Waals surface area contributed by atoms with Crippen LogP contribution in [0.1, 0.15) is 0 Å². The Hall–Kier alpha value is -3.52. The summed E-state index contributed by atoms with van der Waals surface area (Å²) in [4.78, 5) is 2.07. The van der Waals surface area contributed by atoms with Crippen molar-refractivity contribution in [3.63, 3.8) is 0 Å². The normalized spacial score (nSPS) is 10.5. The number of para-hydroxylation sites is 2. The Balaban J connectivity index is 1.89. The minimum atomic E-state index is 0.248. The molecule has 0 saturated heterocycles. The number of hydrogen-bond acceptors (Lipinski definition) is 2. The lowest BCUT2D eigenvalue weighted by Crippen LogP contribution is -2.10. The van der Waals surface area contributed by atoms with Crippen molar-refractivity contribution >= 4 is 17.1 Å². The SMILES string of the molecule is Oc1ccc(-c2ccccc2)cc1N(c1ccccc1)c1ccccc1. The fraction of sp³-hybridized carbons (Fsp3) is 0. The number of benzene rings is 4. The standard InChI is InChI=1S/C24H19NO/c26-24-17-16-20(19-10-4-1-5-11-19)18-23(24)25(21-12-6-2-7-13-21)22-14-8-3-9-15-22/h1-18,26H. The summed E-state index contributed by atoms with van der Waals surface area (Å²) >= 11 is 0. The molecule has 0 radical (unpaired) electrons. The van der Waals surface area contributed by atoms with Gasteiger partial charge in [-0.3, -0.25) is 0 Å². The number of rotatable bonds is 4. The maximum atomic E-state index is 10.6. The second-order valence-electron chi connectivity index (χ2n) is 6.08. The third-order valence-electron chi connectivity index (χ3n) is 4.35. The Kier molecular flexibility index (Phi) is 4.40. The molecule has 0 saturated carbocycles. The van der Waals surface area contributed by atoms with Crippen molar-refractivity contribution < 1.29 is 5.11 Å². The van der Waals surface area contributed by atoms with E-state index in [0.717, 1.165) is 28.2 Å². The van der Waals surface area contributed by atoms with Crippen LogP contribution in [0.4, 0.5) is 17.1 Å². The van der Waals surface area contributed by atoms with Gasteiger partial charge in [-0.25, -0.2) is 0 Å². The minimum absolute atomic E-state index is 0.248. The summed E-state index contributed by atoms with van der Waals surface area (Å²) < 4.78 is 0. The topological polar surface area (TPSA) is 23.5 Å². The first-order valence-electron chi connectivity index (χ1n) is 8.61. The molecule has 126 valence electrons. The van der Waals surface area contributed by atoms with Gasteiger partial charge in [0.1, 0.15) is 5.75 Å². The van der Waals surface area contributed by atoms with Gasteiger partial charge in [-0.05, 0) is 47.5 Å². The van der Waals surface area contributed by atoms with E-state index in [1.54, 1.807) is 6.07 Å². The van der Waals surface area contributed by atoms with Gasteiger partial charge in [-0.1, -0.05) is 72.8 Å². The highest BCUT2D eigenvalue weighted by atomic mass is 16.3. The number of nitrogens with zero attached hydrogens (tertiary/aromatic N) is 1. The summed E-state index contributed by atoms with van der Waals surface area (Å²) in [5, 5.41) is 10.6. The molecule has 0 amide bonds. The summed E-state index contributed by atoms with van der Waals surface area (Å²) in [7, 11) is 0. The van der Waals surface area contributed by atoms with Crippen LogP contribution in [0.3, 0.4) is 0 Å². The van der Waals surface area contributed by atoms with Gasteiger partial charge in [0.05, 0.1) is 5.69 Å². The van der Waals surface area contributed by atoms with Gasteiger partial charge in [-0.15, -0.1) is 0 Å². The molecule has 0 aliphatic carbocycles. The zero-order chi connectivity index (χ0) is 17.8. The largest absolute Gasteiger partial charge is 0.506 e. The molecule has 0 aliphatic rings. The second kappa shape index (κ2) is 7.16. The van der Waals surface area contributed by atoms with Crippen molar-refractivity contribution in [2.75, 3.05) is 4.90 Å². The number of phenols is 1. The molecule has 0 fully saturated rings. The van der Waals surface area contributed by atoms with Gasteiger partial charge in [-0.2, -0.15) is 0 Å². The van der Waals surface area contributed by atoms with Crippen molar-refractivity contribution in [3.8, 4) is 16.9 Å². The van der Waals surface area contributed by atoms with Crippen LogP contribution in [0.25, 0.3) is 11.1 Å². The lowest BCUT2D eigenvalue weighted by Gasteiger charge is -2.26. The molecule has 2 heteroatoms. The predicted molar refractivity (Wildman–Crippen MR) is 108 cm³/mol. The fourth-order valence-electron chi connectivity index (χ4n) is 3.09. The van der Waals surface area contributed by atoms with E-state index in [4.69, 9.17) is 0 Å². The van der Waals surface area contributed by atoms with Gasteiger partial charge >= 0.3 is 0 Å². The maximum Gasteiger partial charge on any atom is 0.139 e. The van der Waals surface area contributed by atoms with E-state index in [-0.39, 0.29) is 5.75 Å². The number of anilines is 3. The molecule has 0 bridgehead atoms. The Bertz CT molecular complexity index is 943. The quantitative estimate of drug-likeness (QED) is 0.457. The van der Waals surface area contributed by atoms with E-state index >= 15 is 0 Å². The Morgan fingerprint density at radius 3 is 1.54 bits per heavy atom. The molecule has 4 rings (SSSR count). The molecule has 4 aromatic rings. The molecule has 0 heterocycles. The maximum absolute atomic E-state index is 10.6. The third kappa shape index (κ3) is 3.17. The molecule has 2 nitrogen and oxygen atoms in total. The van der Waals surface area contributed by atoms with Gasteiger partial charge < -0.3 is 10.0 Å². The smallest absolute Gasteiger partial charge is 0.139 e. The van der Waals surface area contributed by atoms with Crippen molar-refractivity contribution in [1.29, 1.82) is 0 Å². The summed E-state index contributed by atoms with van der Waals surface area (Å²) in [6.45, 7) is 0. The Labute approximate surface area is 153 Å². The monoisotopic (exact) mass is 337 g/mol.